The Morgan fingerprint density at radius 2 is 2.31 bits per heavy atom. The molecule has 8 nitrogen and oxygen atoms in total. The summed E-state index contributed by atoms with van der Waals surface area (Å²) >= 11 is 1.59. The maximum absolute atomic E-state index is 13.2. The minimum absolute atomic E-state index is 0.0361. The largest absolute Gasteiger partial charge is 0.504 e. The summed E-state index contributed by atoms with van der Waals surface area (Å²) < 4.78 is 6.71. The van der Waals surface area contributed by atoms with Crippen molar-refractivity contribution >= 4 is 33.7 Å². The van der Waals surface area contributed by atoms with Gasteiger partial charge < -0.3 is 9.84 Å². The molecule has 4 rings (SSSR count). The number of hydrazone groups is 1. The van der Waals surface area contributed by atoms with Crippen molar-refractivity contribution in [2.45, 2.75) is 46.1 Å². The Bertz CT molecular complexity index is 1250. The first kappa shape index (κ1) is 22.0. The van der Waals surface area contributed by atoms with Crippen LogP contribution in [0.15, 0.2) is 34.4 Å². The maximum atomic E-state index is 13.2. The van der Waals surface area contributed by atoms with Crippen LogP contribution in [0.3, 0.4) is 0 Å². The van der Waals surface area contributed by atoms with Crippen LogP contribution in [0.25, 0.3) is 10.2 Å². The summed E-state index contributed by atoms with van der Waals surface area (Å²) in [5, 5.41) is 14.4. The zero-order chi connectivity index (χ0) is 22.8. The molecule has 2 aromatic heterocycles. The lowest BCUT2D eigenvalue weighted by molar-refractivity contribution is -0.123. The fourth-order valence-corrected chi connectivity index (χ4v) is 5.23. The van der Waals surface area contributed by atoms with E-state index in [0.717, 1.165) is 29.7 Å². The SMILES string of the molecule is CCOc1cc(/C=N/NC(=O)[C@H](C)n2cnc3sc4c(c3c2=O)CC[C@@H](C)C4)ccc1O. The molecule has 1 aromatic carbocycles. The van der Waals surface area contributed by atoms with Crippen molar-refractivity contribution < 1.29 is 14.6 Å². The van der Waals surface area contributed by atoms with Gasteiger partial charge in [-0.1, -0.05) is 6.92 Å². The number of hydrogen-bond donors (Lipinski definition) is 2. The normalized spacial score (nSPS) is 16.8. The van der Waals surface area contributed by atoms with Crippen LogP contribution >= 0.6 is 11.3 Å². The number of amides is 1. The average molecular weight is 455 g/mol. The van der Waals surface area contributed by atoms with Crippen LogP contribution in [0.4, 0.5) is 0 Å². The van der Waals surface area contributed by atoms with Gasteiger partial charge in [0.25, 0.3) is 11.5 Å². The van der Waals surface area contributed by atoms with Crippen LogP contribution in [0.2, 0.25) is 0 Å². The van der Waals surface area contributed by atoms with E-state index in [9.17, 15) is 14.7 Å². The number of fused-ring (bicyclic) bond motifs is 3. The summed E-state index contributed by atoms with van der Waals surface area (Å²) in [6.45, 7) is 6.11. The molecule has 1 aliphatic carbocycles. The Kier molecular flexibility index (Phi) is 6.27. The van der Waals surface area contributed by atoms with E-state index in [0.29, 0.717) is 29.2 Å². The predicted molar refractivity (Wildman–Crippen MR) is 125 cm³/mol. The number of aryl methyl sites for hydroxylation is 1. The number of aromatic nitrogens is 2. The van der Waals surface area contributed by atoms with Crippen molar-refractivity contribution in [1.29, 1.82) is 0 Å². The van der Waals surface area contributed by atoms with E-state index in [1.54, 1.807) is 30.4 Å². The van der Waals surface area contributed by atoms with Gasteiger partial charge in [-0.3, -0.25) is 14.2 Å². The third-order valence-corrected chi connectivity index (χ3v) is 6.87. The first-order chi connectivity index (χ1) is 15.4. The third-order valence-electron chi connectivity index (χ3n) is 5.71. The summed E-state index contributed by atoms with van der Waals surface area (Å²) in [5.74, 6) is 0.564. The molecule has 2 N–H and O–H groups in total. The molecule has 2 atom stereocenters. The number of aromatic hydroxyl groups is 1. The van der Waals surface area contributed by atoms with Gasteiger partial charge in [-0.05, 0) is 68.4 Å². The molecule has 0 unspecified atom stereocenters. The molecule has 0 fully saturated rings. The van der Waals surface area contributed by atoms with Crippen LogP contribution in [0.5, 0.6) is 11.5 Å². The van der Waals surface area contributed by atoms with Crippen LogP contribution in [0.1, 0.15) is 49.2 Å². The van der Waals surface area contributed by atoms with Crippen molar-refractivity contribution in [3.05, 3.63) is 50.9 Å². The third kappa shape index (κ3) is 4.25. The Labute approximate surface area is 189 Å². The summed E-state index contributed by atoms with van der Waals surface area (Å²) in [4.78, 5) is 32.3. The monoisotopic (exact) mass is 454 g/mol. The fraction of sp³-hybridized carbons (Fsp3) is 0.391. The Morgan fingerprint density at radius 1 is 1.50 bits per heavy atom. The van der Waals surface area contributed by atoms with Crippen LogP contribution < -0.4 is 15.7 Å². The molecule has 9 heteroatoms. The molecule has 1 amide bonds. The minimum atomic E-state index is -0.770. The molecule has 0 saturated heterocycles. The van der Waals surface area contributed by atoms with Gasteiger partial charge in [-0.15, -0.1) is 11.3 Å². The number of rotatable bonds is 6. The Hall–Kier alpha value is -3.20. The highest BCUT2D eigenvalue weighted by Crippen LogP contribution is 2.35. The molecule has 32 heavy (non-hydrogen) atoms. The molecular formula is C23H26N4O4S. The van der Waals surface area contributed by atoms with E-state index in [-0.39, 0.29) is 11.3 Å². The molecule has 2 heterocycles. The molecule has 0 spiro atoms. The van der Waals surface area contributed by atoms with Crippen molar-refractivity contribution in [3.8, 4) is 11.5 Å². The minimum Gasteiger partial charge on any atom is -0.504 e. The van der Waals surface area contributed by atoms with Crippen molar-refractivity contribution in [2.75, 3.05) is 6.61 Å². The van der Waals surface area contributed by atoms with Crippen molar-refractivity contribution in [3.63, 3.8) is 0 Å². The van der Waals surface area contributed by atoms with Crippen molar-refractivity contribution in [1.82, 2.24) is 15.0 Å². The highest BCUT2D eigenvalue weighted by Gasteiger charge is 2.25. The van der Waals surface area contributed by atoms with Crippen molar-refractivity contribution in [2.24, 2.45) is 11.0 Å². The van der Waals surface area contributed by atoms with E-state index in [2.05, 4.69) is 22.4 Å². The van der Waals surface area contributed by atoms with Gasteiger partial charge in [0.1, 0.15) is 10.9 Å². The standard InChI is InChI=1S/C23H26N4O4S/c1-4-31-18-10-15(6-8-17(18)28)11-25-26-21(29)14(3)27-12-24-22-20(23(27)30)16-7-5-13(2)9-19(16)32-22/h6,8,10-14,28H,4-5,7,9H2,1-3H3,(H,26,29)/b25-11+/t13-,14+/m1/s1. The van der Waals surface area contributed by atoms with E-state index < -0.39 is 11.9 Å². The average Bonchev–Trinajstić information content (AvgIpc) is 3.14. The highest BCUT2D eigenvalue weighted by molar-refractivity contribution is 7.18. The number of ether oxygens (including phenoxy) is 1. The van der Waals surface area contributed by atoms with Gasteiger partial charge in [0.15, 0.2) is 11.5 Å². The topological polar surface area (TPSA) is 106 Å². The van der Waals surface area contributed by atoms with Gasteiger partial charge in [0.05, 0.1) is 24.5 Å². The number of carbonyl (C=O) groups excluding carboxylic acids is 1. The lowest BCUT2D eigenvalue weighted by atomic mass is 9.89. The lowest BCUT2D eigenvalue weighted by Gasteiger charge is -2.18. The van der Waals surface area contributed by atoms with Gasteiger partial charge in [0.2, 0.25) is 0 Å². The smallest absolute Gasteiger partial charge is 0.263 e. The zero-order valence-corrected chi connectivity index (χ0v) is 19.1. The number of nitrogens with one attached hydrogen (secondary N) is 1. The van der Waals surface area contributed by atoms with Crippen LogP contribution in [-0.2, 0) is 17.6 Å². The number of phenols is 1. The van der Waals surface area contributed by atoms with E-state index >= 15 is 0 Å². The highest BCUT2D eigenvalue weighted by atomic mass is 32.1. The lowest BCUT2D eigenvalue weighted by Crippen LogP contribution is -2.34. The first-order valence-corrected chi connectivity index (χ1v) is 11.5. The molecule has 0 radical (unpaired) electrons. The maximum Gasteiger partial charge on any atom is 0.263 e. The summed E-state index contributed by atoms with van der Waals surface area (Å²) in [6.07, 6.45) is 5.80. The van der Waals surface area contributed by atoms with Crippen LogP contribution in [-0.4, -0.2) is 33.4 Å². The Balaban J connectivity index is 1.52. The quantitative estimate of drug-likeness (QED) is 0.439. The number of benzene rings is 1. The van der Waals surface area contributed by atoms with Gasteiger partial charge in [-0.25, -0.2) is 10.4 Å². The molecule has 168 valence electrons. The van der Waals surface area contributed by atoms with Gasteiger partial charge in [0, 0.05) is 4.88 Å². The number of thiophene rings is 1. The molecule has 0 bridgehead atoms. The fourth-order valence-electron chi connectivity index (χ4n) is 3.89. The Morgan fingerprint density at radius 3 is 3.09 bits per heavy atom. The molecular weight excluding hydrogens is 428 g/mol. The van der Waals surface area contributed by atoms with E-state index in [1.165, 1.54) is 28.1 Å². The molecule has 3 aromatic rings. The second-order valence-electron chi connectivity index (χ2n) is 8.06. The second kappa shape index (κ2) is 9.12. The zero-order valence-electron chi connectivity index (χ0n) is 18.3. The number of nitrogens with zero attached hydrogens (tertiary/aromatic N) is 3. The number of phenolic OH excluding ortho intramolecular Hbond substituents is 1. The predicted octanol–water partition coefficient (Wildman–Crippen LogP) is 3.40. The van der Waals surface area contributed by atoms with Gasteiger partial charge >= 0.3 is 0 Å². The molecule has 0 aliphatic heterocycles. The van der Waals surface area contributed by atoms with E-state index in [1.807, 2.05) is 6.92 Å². The molecule has 1 aliphatic rings. The van der Waals surface area contributed by atoms with Crippen LogP contribution in [0, 0.1) is 5.92 Å². The number of carbonyl (C=O) groups is 1. The first-order valence-electron chi connectivity index (χ1n) is 10.7. The number of hydrogen-bond acceptors (Lipinski definition) is 7. The second-order valence-corrected chi connectivity index (χ2v) is 9.14. The van der Waals surface area contributed by atoms with E-state index in [4.69, 9.17) is 4.74 Å². The molecule has 0 saturated carbocycles. The summed E-state index contributed by atoms with van der Waals surface area (Å²) in [6, 6.07) is 4.01. The van der Waals surface area contributed by atoms with Gasteiger partial charge in [-0.2, -0.15) is 5.10 Å². The summed E-state index contributed by atoms with van der Waals surface area (Å²) in [5.41, 5.74) is 4.04. The summed E-state index contributed by atoms with van der Waals surface area (Å²) in [7, 11) is 0.